The lowest BCUT2D eigenvalue weighted by Gasteiger charge is -2.15. The van der Waals surface area contributed by atoms with Gasteiger partial charge >= 0.3 is 7.75 Å². The highest BCUT2D eigenvalue weighted by molar-refractivity contribution is 7.52. The van der Waals surface area contributed by atoms with Crippen LogP contribution in [0.1, 0.15) is 6.92 Å². The molecule has 0 saturated heterocycles. The first-order chi connectivity index (χ1) is 9.20. The van der Waals surface area contributed by atoms with Crippen LogP contribution in [0.2, 0.25) is 0 Å². The summed E-state index contributed by atoms with van der Waals surface area (Å²) in [4.78, 5) is 0. The average Bonchev–Trinajstić information content (AvgIpc) is 2.44. The molecule has 1 aromatic carbocycles. The van der Waals surface area contributed by atoms with E-state index in [9.17, 15) is 4.57 Å². The normalized spacial score (nSPS) is 15.1. The molecule has 19 heavy (non-hydrogen) atoms. The van der Waals surface area contributed by atoms with Gasteiger partial charge in [-0.1, -0.05) is 42.5 Å². The molecule has 0 aliphatic heterocycles. The average molecular weight is 280 g/mol. The van der Waals surface area contributed by atoms with Crippen molar-refractivity contribution in [3.8, 4) is 5.75 Å². The maximum atomic E-state index is 12.1. The summed E-state index contributed by atoms with van der Waals surface area (Å²) in [7, 11) is -3.59. The predicted molar refractivity (Wildman–Crippen MR) is 76.2 cm³/mol. The molecular weight excluding hydrogens is 263 g/mol. The molecule has 0 saturated carbocycles. The first-order valence-corrected chi connectivity index (χ1v) is 7.20. The van der Waals surface area contributed by atoms with Crippen LogP contribution in [0.4, 0.5) is 0 Å². The first kappa shape index (κ1) is 15.2. The first-order valence-electron chi connectivity index (χ1n) is 5.65. The fraction of sp³-hybridized carbons (Fsp3) is 0.0769. The molecule has 1 atom stereocenters. The molecule has 0 fully saturated rings. The highest BCUT2D eigenvalue weighted by Gasteiger charge is 2.24. The summed E-state index contributed by atoms with van der Waals surface area (Å²) in [5.41, 5.74) is 0. The van der Waals surface area contributed by atoms with Gasteiger partial charge in [-0.15, -0.1) is 5.20 Å². The molecular formula is C13H17N2O3P. The standard InChI is InChI=1S/C13H17N2O3P/c1-2-3-4-5-9-12-17-19(16,15-14)18-13-10-7-6-8-11-13/h2-12H,14H2,1H3,(H,15,16)/b3-2-,5-4-,12-9+. The third-order valence-electron chi connectivity index (χ3n) is 1.93. The summed E-state index contributed by atoms with van der Waals surface area (Å²) in [6, 6.07) is 8.64. The van der Waals surface area contributed by atoms with Crippen LogP contribution in [-0.2, 0) is 9.09 Å². The van der Waals surface area contributed by atoms with Crippen LogP contribution in [0.15, 0.2) is 67.0 Å². The van der Waals surface area contributed by atoms with Crippen LogP contribution in [0.25, 0.3) is 0 Å². The molecule has 0 aliphatic rings. The fourth-order valence-electron chi connectivity index (χ4n) is 1.10. The van der Waals surface area contributed by atoms with E-state index in [2.05, 4.69) is 5.20 Å². The van der Waals surface area contributed by atoms with Crippen LogP contribution in [0, 0.1) is 0 Å². The Balaban J connectivity index is 2.58. The second-order valence-corrected chi connectivity index (χ2v) is 5.02. The Kier molecular flexibility index (Phi) is 6.68. The van der Waals surface area contributed by atoms with Gasteiger partial charge in [-0.2, -0.15) is 0 Å². The van der Waals surface area contributed by atoms with Gasteiger partial charge in [-0.05, 0) is 25.1 Å². The number of rotatable bonds is 7. The number of nitrogens with two attached hydrogens (primary N) is 1. The number of hydrazine groups is 1. The Labute approximate surface area is 113 Å². The lowest BCUT2D eigenvalue weighted by atomic mass is 10.3. The molecule has 0 amide bonds. The topological polar surface area (TPSA) is 73.6 Å². The number of allylic oxidation sites excluding steroid dienone is 5. The van der Waals surface area contributed by atoms with Crippen LogP contribution in [0.5, 0.6) is 5.75 Å². The van der Waals surface area contributed by atoms with E-state index < -0.39 is 7.75 Å². The van der Waals surface area contributed by atoms with Crippen molar-refractivity contribution in [3.63, 3.8) is 0 Å². The van der Waals surface area contributed by atoms with E-state index in [1.165, 1.54) is 6.26 Å². The maximum Gasteiger partial charge on any atom is 0.525 e. The van der Waals surface area contributed by atoms with E-state index in [4.69, 9.17) is 14.9 Å². The van der Waals surface area contributed by atoms with Gasteiger partial charge in [0.25, 0.3) is 0 Å². The maximum absolute atomic E-state index is 12.1. The van der Waals surface area contributed by atoms with E-state index in [1.54, 1.807) is 42.5 Å². The molecule has 0 aromatic heterocycles. The molecule has 0 radical (unpaired) electrons. The third-order valence-corrected chi connectivity index (χ3v) is 3.10. The Morgan fingerprint density at radius 1 is 1.16 bits per heavy atom. The van der Waals surface area contributed by atoms with Crippen molar-refractivity contribution in [3.05, 3.63) is 67.0 Å². The Morgan fingerprint density at radius 2 is 1.84 bits per heavy atom. The minimum atomic E-state index is -3.59. The minimum Gasteiger partial charge on any atom is -0.412 e. The second kappa shape index (κ2) is 8.32. The van der Waals surface area contributed by atoms with Crippen molar-refractivity contribution in [2.45, 2.75) is 6.92 Å². The van der Waals surface area contributed by atoms with Crippen LogP contribution in [0.3, 0.4) is 0 Å². The second-order valence-electron chi connectivity index (χ2n) is 3.38. The molecule has 3 N–H and O–H groups in total. The molecule has 0 bridgehead atoms. The number of nitrogens with one attached hydrogen (secondary N) is 1. The molecule has 1 rings (SSSR count). The fourth-order valence-corrected chi connectivity index (χ4v) is 1.88. The van der Waals surface area contributed by atoms with Crippen LogP contribution < -0.4 is 15.6 Å². The van der Waals surface area contributed by atoms with Gasteiger partial charge in [0.15, 0.2) is 0 Å². The smallest absolute Gasteiger partial charge is 0.412 e. The Bertz CT molecular complexity index is 498. The molecule has 102 valence electrons. The molecule has 5 nitrogen and oxygen atoms in total. The summed E-state index contributed by atoms with van der Waals surface area (Å²) in [5, 5.41) is 2.05. The largest absolute Gasteiger partial charge is 0.525 e. The van der Waals surface area contributed by atoms with Crippen molar-refractivity contribution >= 4 is 7.75 Å². The number of benzene rings is 1. The molecule has 1 aromatic rings. The summed E-state index contributed by atoms with van der Waals surface area (Å²) < 4.78 is 22.3. The van der Waals surface area contributed by atoms with Gasteiger partial charge in [-0.3, -0.25) is 5.84 Å². The third kappa shape index (κ3) is 6.06. The zero-order valence-corrected chi connectivity index (χ0v) is 11.5. The quantitative estimate of drug-likeness (QED) is 0.263. The van der Waals surface area contributed by atoms with E-state index in [0.717, 1.165) is 0 Å². The molecule has 1 unspecified atom stereocenters. The summed E-state index contributed by atoms with van der Waals surface area (Å²) >= 11 is 0. The lowest BCUT2D eigenvalue weighted by molar-refractivity contribution is 0.341. The molecule has 6 heteroatoms. The van der Waals surface area contributed by atoms with E-state index in [1.807, 2.05) is 25.1 Å². The Morgan fingerprint density at radius 3 is 2.47 bits per heavy atom. The van der Waals surface area contributed by atoms with Gasteiger partial charge in [0.1, 0.15) is 5.75 Å². The van der Waals surface area contributed by atoms with Crippen molar-refractivity contribution < 1.29 is 13.6 Å². The summed E-state index contributed by atoms with van der Waals surface area (Å²) in [6.07, 6.45) is 10.1. The monoisotopic (exact) mass is 280 g/mol. The van der Waals surface area contributed by atoms with E-state index in [0.29, 0.717) is 5.75 Å². The SMILES string of the molecule is C\C=C/C=C\C=C\OP(=O)(NN)Oc1ccccc1. The molecule has 0 heterocycles. The summed E-state index contributed by atoms with van der Waals surface area (Å²) in [6.45, 7) is 1.91. The van der Waals surface area contributed by atoms with Crippen LogP contribution >= 0.6 is 7.75 Å². The van der Waals surface area contributed by atoms with E-state index in [-0.39, 0.29) is 0 Å². The zero-order valence-electron chi connectivity index (χ0n) is 10.6. The predicted octanol–water partition coefficient (Wildman–Crippen LogP) is 3.30. The number of hydrogen-bond acceptors (Lipinski definition) is 4. The van der Waals surface area contributed by atoms with Gasteiger partial charge in [0.2, 0.25) is 0 Å². The van der Waals surface area contributed by atoms with Gasteiger partial charge in [0, 0.05) is 0 Å². The van der Waals surface area contributed by atoms with Crippen molar-refractivity contribution in [1.29, 1.82) is 0 Å². The van der Waals surface area contributed by atoms with Gasteiger partial charge in [0.05, 0.1) is 6.26 Å². The molecule has 0 spiro atoms. The van der Waals surface area contributed by atoms with Crippen molar-refractivity contribution in [2.24, 2.45) is 5.84 Å². The number of para-hydroxylation sites is 1. The minimum absolute atomic E-state index is 0.404. The lowest BCUT2D eigenvalue weighted by Crippen LogP contribution is -2.22. The zero-order chi connectivity index (χ0) is 14.0. The number of hydrogen-bond donors (Lipinski definition) is 2. The van der Waals surface area contributed by atoms with Crippen LogP contribution in [-0.4, -0.2) is 0 Å². The molecule has 0 aliphatic carbocycles. The van der Waals surface area contributed by atoms with Crippen molar-refractivity contribution in [1.82, 2.24) is 5.20 Å². The van der Waals surface area contributed by atoms with E-state index >= 15 is 0 Å². The summed E-state index contributed by atoms with van der Waals surface area (Å²) in [5.74, 6) is 5.60. The highest BCUT2D eigenvalue weighted by Crippen LogP contribution is 2.43. The highest BCUT2D eigenvalue weighted by atomic mass is 31.2. The Hall–Kier alpha value is -1.81. The van der Waals surface area contributed by atoms with Crippen molar-refractivity contribution in [2.75, 3.05) is 0 Å². The van der Waals surface area contributed by atoms with Gasteiger partial charge in [-0.25, -0.2) is 4.57 Å². The van der Waals surface area contributed by atoms with Gasteiger partial charge < -0.3 is 9.05 Å².